The van der Waals surface area contributed by atoms with Gasteiger partial charge in [0.2, 0.25) is 5.95 Å². The third-order valence-corrected chi connectivity index (χ3v) is 5.56. The summed E-state index contributed by atoms with van der Waals surface area (Å²) >= 11 is 13.2. The molecule has 7 heteroatoms. The van der Waals surface area contributed by atoms with E-state index < -0.39 is 0 Å². The van der Waals surface area contributed by atoms with Gasteiger partial charge in [-0.1, -0.05) is 29.1 Å². The molecule has 0 saturated carbocycles. The molecule has 0 aliphatic carbocycles. The van der Waals surface area contributed by atoms with Gasteiger partial charge in [0.1, 0.15) is 5.82 Å². The van der Waals surface area contributed by atoms with Gasteiger partial charge in [-0.15, -0.1) is 6.42 Å². The number of nitriles is 1. The molecule has 1 N–H and O–H groups in total. The largest absolute Gasteiger partial charge is 0.324 e. The predicted octanol–water partition coefficient (Wildman–Crippen LogP) is 6.05. The normalized spacial score (nSPS) is 12.5. The number of aryl methyl sites for hydroxylation is 1. The molecule has 4 rings (SSSR count). The van der Waals surface area contributed by atoms with E-state index in [-0.39, 0.29) is 0 Å². The Hall–Kier alpha value is -3.51. The number of hydrogen-bond donors (Lipinski definition) is 1. The molecular weight excluding hydrogens is 429 g/mol. The molecule has 0 atom stereocenters. The number of hydrogen-bond acceptors (Lipinski definition) is 5. The molecular formula is C24H17Cl2N5. The smallest absolute Gasteiger partial charge is 0.229 e. The van der Waals surface area contributed by atoms with Gasteiger partial charge in [0.15, 0.2) is 0 Å². The third kappa shape index (κ3) is 4.20. The van der Waals surface area contributed by atoms with Crippen LogP contribution in [0.5, 0.6) is 0 Å². The Labute approximate surface area is 191 Å². The van der Waals surface area contributed by atoms with Crippen LogP contribution in [0, 0.1) is 30.6 Å². The van der Waals surface area contributed by atoms with Gasteiger partial charge in [0.05, 0.1) is 27.4 Å². The summed E-state index contributed by atoms with van der Waals surface area (Å²) in [6.07, 6.45) is 9.47. The molecule has 1 aliphatic rings. The van der Waals surface area contributed by atoms with E-state index in [0.717, 1.165) is 34.7 Å². The van der Waals surface area contributed by atoms with Crippen molar-refractivity contribution in [2.24, 2.45) is 0 Å². The van der Waals surface area contributed by atoms with Crippen molar-refractivity contribution in [1.29, 1.82) is 5.26 Å². The molecule has 31 heavy (non-hydrogen) atoms. The van der Waals surface area contributed by atoms with Crippen LogP contribution >= 0.6 is 23.2 Å². The van der Waals surface area contributed by atoms with Crippen LogP contribution in [0.4, 0.5) is 23.1 Å². The first-order valence-electron chi connectivity index (χ1n) is 9.54. The fourth-order valence-corrected chi connectivity index (χ4v) is 4.25. The summed E-state index contributed by atoms with van der Waals surface area (Å²) in [5, 5.41) is 13.2. The predicted molar refractivity (Wildman–Crippen MR) is 126 cm³/mol. The number of nitrogens with zero attached hydrogens (tertiary/aromatic N) is 4. The number of anilines is 4. The van der Waals surface area contributed by atoms with Gasteiger partial charge < -0.3 is 10.2 Å². The summed E-state index contributed by atoms with van der Waals surface area (Å²) in [4.78, 5) is 11.4. The van der Waals surface area contributed by atoms with Crippen molar-refractivity contribution in [3.63, 3.8) is 0 Å². The van der Waals surface area contributed by atoms with Gasteiger partial charge in [0.25, 0.3) is 0 Å². The molecule has 0 bridgehead atoms. The average molecular weight is 446 g/mol. The highest BCUT2D eigenvalue weighted by atomic mass is 35.5. The second kappa shape index (κ2) is 8.70. The molecule has 0 fully saturated rings. The van der Waals surface area contributed by atoms with Crippen LogP contribution < -0.4 is 10.2 Å². The van der Waals surface area contributed by atoms with Crippen LogP contribution in [-0.4, -0.2) is 16.5 Å². The Morgan fingerprint density at radius 2 is 1.87 bits per heavy atom. The second-order valence-corrected chi connectivity index (χ2v) is 7.80. The van der Waals surface area contributed by atoms with Crippen LogP contribution in [0.1, 0.15) is 22.4 Å². The van der Waals surface area contributed by atoms with Crippen molar-refractivity contribution in [1.82, 2.24) is 9.97 Å². The summed E-state index contributed by atoms with van der Waals surface area (Å²) in [5.41, 5.74) is 4.88. The number of nitrogens with one attached hydrogen (secondary N) is 1. The highest BCUT2D eigenvalue weighted by Crippen LogP contribution is 2.43. The second-order valence-electron chi connectivity index (χ2n) is 6.98. The lowest BCUT2D eigenvalue weighted by Crippen LogP contribution is -2.16. The number of aromatic nitrogens is 2. The van der Waals surface area contributed by atoms with Gasteiger partial charge >= 0.3 is 0 Å². The van der Waals surface area contributed by atoms with Gasteiger partial charge in [-0.05, 0) is 67.5 Å². The van der Waals surface area contributed by atoms with E-state index in [1.54, 1.807) is 24.3 Å². The zero-order chi connectivity index (χ0) is 22.0. The van der Waals surface area contributed by atoms with E-state index in [1.807, 2.05) is 36.1 Å². The van der Waals surface area contributed by atoms with Crippen molar-refractivity contribution in [3.05, 3.63) is 74.9 Å². The van der Waals surface area contributed by atoms with E-state index in [1.165, 1.54) is 0 Å². The summed E-state index contributed by atoms with van der Waals surface area (Å²) in [6, 6.07) is 12.9. The zero-order valence-electron chi connectivity index (χ0n) is 16.7. The number of benzene rings is 2. The van der Waals surface area contributed by atoms with Crippen molar-refractivity contribution in [2.75, 3.05) is 16.8 Å². The topological polar surface area (TPSA) is 64.8 Å². The summed E-state index contributed by atoms with van der Waals surface area (Å²) in [5.74, 6) is 3.70. The number of allylic oxidation sites excluding steroid dienone is 1. The molecule has 3 aromatic rings. The van der Waals surface area contributed by atoms with Crippen molar-refractivity contribution in [2.45, 2.75) is 13.3 Å². The van der Waals surface area contributed by atoms with Gasteiger partial charge in [0, 0.05) is 23.5 Å². The maximum atomic E-state index is 8.97. The van der Waals surface area contributed by atoms with Gasteiger partial charge in [-0.3, -0.25) is 0 Å². The highest BCUT2D eigenvalue weighted by Gasteiger charge is 2.28. The van der Waals surface area contributed by atoms with E-state index in [9.17, 15) is 0 Å². The molecule has 2 aromatic carbocycles. The lowest BCUT2D eigenvalue weighted by atomic mass is 10.1. The van der Waals surface area contributed by atoms with Crippen LogP contribution in [-0.2, 0) is 6.42 Å². The SMILES string of the molecule is C#C/C=C/c1cc(Cl)c(N2CCc3c(C)nc(Nc4ccc(C#N)cc4)nc32)c(Cl)c1. The maximum Gasteiger partial charge on any atom is 0.229 e. The van der Waals surface area contributed by atoms with Crippen molar-refractivity contribution in [3.8, 4) is 18.4 Å². The third-order valence-electron chi connectivity index (χ3n) is 4.98. The van der Waals surface area contributed by atoms with Crippen molar-refractivity contribution < 1.29 is 0 Å². The summed E-state index contributed by atoms with van der Waals surface area (Å²) < 4.78 is 0. The molecule has 0 amide bonds. The number of halogens is 2. The van der Waals surface area contributed by atoms with Gasteiger partial charge in [-0.25, -0.2) is 4.98 Å². The summed E-state index contributed by atoms with van der Waals surface area (Å²) in [7, 11) is 0. The number of terminal acetylenes is 1. The lowest BCUT2D eigenvalue weighted by molar-refractivity contribution is 0.986. The lowest BCUT2D eigenvalue weighted by Gasteiger charge is -2.22. The number of fused-ring (bicyclic) bond motifs is 1. The Balaban J connectivity index is 1.70. The van der Waals surface area contributed by atoms with E-state index in [2.05, 4.69) is 22.3 Å². The molecule has 2 heterocycles. The van der Waals surface area contributed by atoms with E-state index in [4.69, 9.17) is 39.9 Å². The Kier molecular flexibility index (Phi) is 5.82. The minimum absolute atomic E-state index is 0.466. The quantitative estimate of drug-likeness (QED) is 0.495. The zero-order valence-corrected chi connectivity index (χ0v) is 18.2. The Morgan fingerprint density at radius 1 is 1.16 bits per heavy atom. The fraction of sp³-hybridized carbons (Fsp3) is 0.125. The minimum Gasteiger partial charge on any atom is -0.324 e. The molecule has 0 saturated heterocycles. The fourth-order valence-electron chi connectivity index (χ4n) is 3.54. The van der Waals surface area contributed by atoms with Crippen LogP contribution in [0.3, 0.4) is 0 Å². The highest BCUT2D eigenvalue weighted by molar-refractivity contribution is 6.39. The molecule has 0 spiro atoms. The first-order valence-corrected chi connectivity index (χ1v) is 10.3. The monoisotopic (exact) mass is 445 g/mol. The van der Waals surface area contributed by atoms with E-state index >= 15 is 0 Å². The van der Waals surface area contributed by atoms with Crippen LogP contribution in [0.2, 0.25) is 10.0 Å². The van der Waals surface area contributed by atoms with E-state index in [0.29, 0.717) is 33.8 Å². The standard InChI is InChI=1S/C24H17Cl2N5/c1-3-4-5-17-12-20(25)22(21(26)13-17)31-11-10-19-15(2)28-24(30-23(19)31)29-18-8-6-16(14-27)7-9-18/h1,4-9,12-13H,10-11H2,2H3,(H,28,29,30)/b5-4+. The molecule has 152 valence electrons. The summed E-state index contributed by atoms with van der Waals surface area (Å²) in [6.45, 7) is 2.66. The Bertz CT molecular complexity index is 1240. The molecule has 0 unspecified atom stereocenters. The van der Waals surface area contributed by atoms with Gasteiger partial charge in [-0.2, -0.15) is 10.2 Å². The van der Waals surface area contributed by atoms with Crippen LogP contribution in [0.15, 0.2) is 42.5 Å². The maximum absolute atomic E-state index is 8.97. The molecule has 0 radical (unpaired) electrons. The number of rotatable bonds is 4. The average Bonchev–Trinajstić information content (AvgIpc) is 3.16. The molecule has 1 aromatic heterocycles. The van der Waals surface area contributed by atoms with Crippen LogP contribution in [0.25, 0.3) is 6.08 Å². The van der Waals surface area contributed by atoms with Crippen molar-refractivity contribution >= 4 is 52.4 Å². The minimum atomic E-state index is 0.466. The first-order chi connectivity index (χ1) is 15.0. The Morgan fingerprint density at radius 3 is 2.52 bits per heavy atom. The molecule has 5 nitrogen and oxygen atoms in total. The first kappa shape index (κ1) is 20.8. The molecule has 1 aliphatic heterocycles.